The molecule has 0 saturated heterocycles. The lowest BCUT2D eigenvalue weighted by Gasteiger charge is -2.62. The van der Waals surface area contributed by atoms with Gasteiger partial charge in [-0.15, -0.1) is 0 Å². The second-order valence-electron chi connectivity index (χ2n) is 9.19. The summed E-state index contributed by atoms with van der Waals surface area (Å²) in [6.45, 7) is 5.11. The molecule has 0 aromatic carbocycles. The monoisotopic (exact) mass is 364 g/mol. The fourth-order valence-corrected chi connectivity index (χ4v) is 6.87. The second-order valence-corrected chi connectivity index (χ2v) is 9.19. The molecule has 1 unspecified atom stereocenters. The Kier molecular flexibility index (Phi) is 3.70. The number of allylic oxidation sites excluding steroid dienone is 4. The van der Waals surface area contributed by atoms with Crippen molar-refractivity contribution in [2.45, 2.75) is 64.4 Å². The third kappa shape index (κ3) is 1.96. The van der Waals surface area contributed by atoms with Gasteiger partial charge in [0.15, 0.2) is 11.5 Å². The zero-order valence-electron chi connectivity index (χ0n) is 15.5. The molecule has 4 rings (SSSR count). The number of Topliss-reactive ketones (excluding diaryl/α,β-unsaturated/α-hetero) is 1. The molecule has 8 atom stereocenters. The third-order valence-electron chi connectivity index (χ3n) is 8.12. The molecule has 0 heterocycles. The van der Waals surface area contributed by atoms with Crippen molar-refractivity contribution >= 4 is 11.6 Å². The Morgan fingerprint density at radius 3 is 2.62 bits per heavy atom. The summed E-state index contributed by atoms with van der Waals surface area (Å²) in [5.74, 6) is -1.30. The van der Waals surface area contributed by atoms with E-state index in [9.17, 15) is 14.7 Å². The summed E-state index contributed by atoms with van der Waals surface area (Å²) in [6, 6.07) is 0. The van der Waals surface area contributed by atoms with Crippen molar-refractivity contribution in [2.24, 2.45) is 28.6 Å². The molecule has 4 aliphatic rings. The van der Waals surface area contributed by atoms with E-state index in [1.165, 1.54) is 18.2 Å². The van der Waals surface area contributed by atoms with Crippen LogP contribution in [0.15, 0.2) is 23.8 Å². The summed E-state index contributed by atoms with van der Waals surface area (Å²) in [6.07, 6.45) is 2.73. The van der Waals surface area contributed by atoms with Gasteiger partial charge < -0.3 is 5.11 Å². The van der Waals surface area contributed by atoms with E-state index >= 15 is 8.78 Å². The highest BCUT2D eigenvalue weighted by atomic mass is 19.1. The maximum absolute atomic E-state index is 16.7. The number of hydrogen-bond donors (Lipinski definition) is 1. The first-order valence-electron chi connectivity index (χ1n) is 9.52. The Balaban J connectivity index is 1.84. The number of aliphatic hydroxyl groups excluding tert-OH is 1. The van der Waals surface area contributed by atoms with Gasteiger partial charge in [0.1, 0.15) is 12.0 Å². The Bertz CT molecular complexity index is 744. The second kappa shape index (κ2) is 5.34. The van der Waals surface area contributed by atoms with Gasteiger partial charge in [-0.2, -0.15) is 0 Å². The van der Waals surface area contributed by atoms with E-state index in [-0.39, 0.29) is 41.8 Å². The highest BCUT2D eigenvalue weighted by Crippen LogP contribution is 2.69. The van der Waals surface area contributed by atoms with E-state index in [1.54, 1.807) is 13.8 Å². The van der Waals surface area contributed by atoms with Gasteiger partial charge in [0.25, 0.3) is 0 Å². The van der Waals surface area contributed by atoms with Crippen molar-refractivity contribution < 1.29 is 23.5 Å². The standard InChI is InChI=1S/C21H26F2O3/c1-11(24)13-4-5-14-15-9-17(22)16-8-12(25)6-7-20(16,3)21(15,23)18(26)10-19(13,14)2/h6-8,13-15,17-18,26H,4-5,9-10H2,1-3H3/t13-,14+,15+,17?,18+,19-,20+,21+/m1/s1. The SMILES string of the molecule is CC(=O)[C@H]1CC[C@H]2[C@@H]3CC(F)C4=CC(=O)C=C[C@]4(C)[C@@]3(F)[C@@H](O)C[C@]12C. The number of rotatable bonds is 1. The zero-order valence-corrected chi connectivity index (χ0v) is 15.5. The minimum absolute atomic E-state index is 0.0407. The molecule has 3 fully saturated rings. The van der Waals surface area contributed by atoms with Crippen LogP contribution in [0, 0.1) is 28.6 Å². The largest absolute Gasteiger partial charge is 0.390 e. The summed E-state index contributed by atoms with van der Waals surface area (Å²) >= 11 is 0. The van der Waals surface area contributed by atoms with Crippen LogP contribution in [0.2, 0.25) is 0 Å². The van der Waals surface area contributed by atoms with E-state index < -0.39 is 34.7 Å². The molecular weight excluding hydrogens is 338 g/mol. The fourth-order valence-electron chi connectivity index (χ4n) is 6.87. The molecule has 0 bridgehead atoms. The average molecular weight is 364 g/mol. The predicted molar refractivity (Wildman–Crippen MR) is 92.8 cm³/mol. The van der Waals surface area contributed by atoms with E-state index in [4.69, 9.17) is 0 Å². The van der Waals surface area contributed by atoms with Gasteiger partial charge in [-0.05, 0) is 68.6 Å². The van der Waals surface area contributed by atoms with Crippen LogP contribution in [0.25, 0.3) is 0 Å². The minimum Gasteiger partial charge on any atom is -0.390 e. The van der Waals surface area contributed by atoms with Crippen LogP contribution in [0.5, 0.6) is 0 Å². The quantitative estimate of drug-likeness (QED) is 0.775. The van der Waals surface area contributed by atoms with E-state index in [0.717, 1.165) is 0 Å². The molecule has 0 aromatic heterocycles. The Morgan fingerprint density at radius 2 is 1.96 bits per heavy atom. The van der Waals surface area contributed by atoms with Gasteiger partial charge in [0.05, 0.1) is 6.10 Å². The summed E-state index contributed by atoms with van der Waals surface area (Å²) < 4.78 is 31.7. The highest BCUT2D eigenvalue weighted by Gasteiger charge is 2.72. The predicted octanol–water partition coefficient (Wildman–Crippen LogP) is 3.51. The number of ketones is 2. The minimum atomic E-state index is -2.03. The molecule has 1 N–H and O–H groups in total. The lowest BCUT2D eigenvalue weighted by molar-refractivity contribution is -0.201. The number of fused-ring (bicyclic) bond motifs is 5. The normalized spacial score (nSPS) is 52.8. The molecule has 0 amide bonds. The maximum Gasteiger partial charge on any atom is 0.178 e. The van der Waals surface area contributed by atoms with Crippen LogP contribution in [0.4, 0.5) is 8.78 Å². The van der Waals surface area contributed by atoms with Gasteiger partial charge >= 0.3 is 0 Å². The van der Waals surface area contributed by atoms with Crippen LogP contribution >= 0.6 is 0 Å². The van der Waals surface area contributed by atoms with Crippen molar-refractivity contribution in [1.82, 2.24) is 0 Å². The van der Waals surface area contributed by atoms with Crippen LogP contribution in [0.1, 0.15) is 46.5 Å². The Labute approximate surface area is 152 Å². The molecule has 4 aliphatic carbocycles. The topological polar surface area (TPSA) is 54.4 Å². The molecular formula is C21H26F2O3. The van der Waals surface area contributed by atoms with Crippen molar-refractivity contribution in [1.29, 1.82) is 0 Å². The molecule has 142 valence electrons. The van der Waals surface area contributed by atoms with Crippen molar-refractivity contribution in [3.05, 3.63) is 23.8 Å². The number of carbonyl (C=O) groups is 2. The fraction of sp³-hybridized carbons (Fsp3) is 0.714. The summed E-state index contributed by atoms with van der Waals surface area (Å²) in [5, 5.41) is 11.0. The van der Waals surface area contributed by atoms with Crippen molar-refractivity contribution in [3.63, 3.8) is 0 Å². The first-order chi connectivity index (χ1) is 12.1. The van der Waals surface area contributed by atoms with Crippen LogP contribution in [0.3, 0.4) is 0 Å². The number of alkyl halides is 2. The molecule has 0 spiro atoms. The molecule has 3 nitrogen and oxygen atoms in total. The van der Waals surface area contributed by atoms with E-state index in [0.29, 0.717) is 12.8 Å². The number of aliphatic hydroxyl groups is 1. The average Bonchev–Trinajstić information content (AvgIpc) is 2.89. The smallest absolute Gasteiger partial charge is 0.178 e. The summed E-state index contributed by atoms with van der Waals surface area (Å²) in [5.41, 5.74) is -3.73. The first-order valence-corrected chi connectivity index (χ1v) is 9.52. The maximum atomic E-state index is 16.7. The van der Waals surface area contributed by atoms with Crippen LogP contribution in [-0.2, 0) is 9.59 Å². The van der Waals surface area contributed by atoms with Gasteiger partial charge in [-0.1, -0.05) is 13.0 Å². The van der Waals surface area contributed by atoms with Gasteiger partial charge in [-0.3, -0.25) is 9.59 Å². The van der Waals surface area contributed by atoms with E-state index in [2.05, 4.69) is 0 Å². The third-order valence-corrected chi connectivity index (χ3v) is 8.12. The van der Waals surface area contributed by atoms with Crippen molar-refractivity contribution in [3.8, 4) is 0 Å². The zero-order chi connectivity index (χ0) is 19.1. The van der Waals surface area contributed by atoms with Crippen LogP contribution < -0.4 is 0 Å². The van der Waals surface area contributed by atoms with Crippen molar-refractivity contribution in [2.75, 3.05) is 0 Å². The van der Waals surface area contributed by atoms with Gasteiger partial charge in [0, 0.05) is 17.3 Å². The molecule has 0 radical (unpaired) electrons. The Hall–Kier alpha value is -1.36. The Morgan fingerprint density at radius 1 is 1.27 bits per heavy atom. The molecule has 26 heavy (non-hydrogen) atoms. The molecule has 5 heteroatoms. The summed E-state index contributed by atoms with van der Waals surface area (Å²) in [7, 11) is 0. The van der Waals surface area contributed by atoms with Gasteiger partial charge in [0.2, 0.25) is 0 Å². The number of hydrogen-bond acceptors (Lipinski definition) is 3. The summed E-state index contributed by atoms with van der Waals surface area (Å²) in [4.78, 5) is 23.9. The molecule has 0 aliphatic heterocycles. The first kappa shape index (κ1) is 18.0. The highest BCUT2D eigenvalue weighted by molar-refractivity contribution is 6.01. The number of carbonyl (C=O) groups excluding carboxylic acids is 2. The lowest BCUT2D eigenvalue weighted by atomic mass is 9.45. The van der Waals surface area contributed by atoms with Gasteiger partial charge in [-0.25, -0.2) is 8.78 Å². The molecule has 3 saturated carbocycles. The van der Waals surface area contributed by atoms with Crippen LogP contribution in [-0.4, -0.2) is 34.6 Å². The van der Waals surface area contributed by atoms with E-state index in [1.807, 2.05) is 6.92 Å². The lowest BCUT2D eigenvalue weighted by Crippen LogP contribution is -2.68. The number of halogens is 2. The molecule has 0 aromatic rings.